The molecule has 16 heavy (non-hydrogen) atoms. The highest BCUT2D eigenvalue weighted by molar-refractivity contribution is 5.96. The zero-order valence-corrected chi connectivity index (χ0v) is 8.73. The summed E-state index contributed by atoms with van der Waals surface area (Å²) in [6.45, 7) is 2.10. The minimum Gasteiger partial charge on any atom is -0.462 e. The Morgan fingerprint density at radius 1 is 1.56 bits per heavy atom. The number of hydrogen-bond donors (Lipinski definition) is 1. The number of ether oxygens (including phenoxy) is 1. The van der Waals surface area contributed by atoms with Crippen molar-refractivity contribution in [2.75, 3.05) is 6.61 Å². The van der Waals surface area contributed by atoms with Crippen LogP contribution in [0.4, 0.5) is 0 Å². The maximum atomic E-state index is 11.7. The van der Waals surface area contributed by atoms with Crippen molar-refractivity contribution in [2.24, 2.45) is 0 Å². The molecule has 5 nitrogen and oxygen atoms in total. The monoisotopic (exact) mass is 216 g/mol. The molecule has 0 saturated heterocycles. The molecule has 0 spiro atoms. The van der Waals surface area contributed by atoms with E-state index < -0.39 is 0 Å². The van der Waals surface area contributed by atoms with E-state index in [0.29, 0.717) is 23.4 Å². The summed E-state index contributed by atoms with van der Waals surface area (Å²) >= 11 is 0. The first-order chi connectivity index (χ1) is 7.83. The van der Waals surface area contributed by atoms with E-state index in [4.69, 9.17) is 4.74 Å². The summed E-state index contributed by atoms with van der Waals surface area (Å²) in [5.41, 5.74) is 1.59. The van der Waals surface area contributed by atoms with Crippen molar-refractivity contribution in [3.05, 3.63) is 36.3 Å². The molecule has 0 fully saturated rings. The van der Waals surface area contributed by atoms with E-state index >= 15 is 0 Å². The SMILES string of the molecule is CCOC(=O)c1ccn[c]c1-c1cc[nH]n1. The van der Waals surface area contributed by atoms with Crippen molar-refractivity contribution >= 4 is 5.97 Å². The number of aromatic nitrogens is 3. The van der Waals surface area contributed by atoms with Gasteiger partial charge in [-0.3, -0.25) is 10.1 Å². The molecule has 0 atom stereocenters. The molecule has 1 N–H and O–H groups in total. The lowest BCUT2D eigenvalue weighted by Crippen LogP contribution is -2.07. The third kappa shape index (κ3) is 1.93. The van der Waals surface area contributed by atoms with Crippen LogP contribution in [0, 0.1) is 6.20 Å². The van der Waals surface area contributed by atoms with Crippen LogP contribution in [0.3, 0.4) is 0 Å². The first kappa shape index (κ1) is 10.4. The van der Waals surface area contributed by atoms with Crippen LogP contribution in [0.25, 0.3) is 11.3 Å². The lowest BCUT2D eigenvalue weighted by molar-refractivity contribution is 0.0527. The van der Waals surface area contributed by atoms with Crippen LogP contribution in [0.1, 0.15) is 17.3 Å². The predicted molar refractivity (Wildman–Crippen MR) is 56.6 cm³/mol. The molecule has 0 aliphatic carbocycles. The van der Waals surface area contributed by atoms with Crippen molar-refractivity contribution in [3.63, 3.8) is 0 Å². The highest BCUT2D eigenvalue weighted by atomic mass is 16.5. The Morgan fingerprint density at radius 2 is 2.44 bits per heavy atom. The second-order valence-electron chi connectivity index (χ2n) is 3.03. The summed E-state index contributed by atoms with van der Waals surface area (Å²) in [6, 6.07) is 3.34. The molecule has 0 unspecified atom stereocenters. The molecule has 5 heteroatoms. The van der Waals surface area contributed by atoms with Gasteiger partial charge in [0.2, 0.25) is 0 Å². The predicted octanol–water partition coefficient (Wildman–Crippen LogP) is 1.45. The quantitative estimate of drug-likeness (QED) is 0.788. The number of hydrogen-bond acceptors (Lipinski definition) is 4. The van der Waals surface area contributed by atoms with Crippen LogP contribution in [0.2, 0.25) is 0 Å². The summed E-state index contributed by atoms with van der Waals surface area (Å²) in [5, 5.41) is 6.66. The molecule has 81 valence electrons. The normalized spacial score (nSPS) is 10.1. The molecule has 0 bridgehead atoms. The van der Waals surface area contributed by atoms with E-state index in [0.717, 1.165) is 0 Å². The van der Waals surface area contributed by atoms with Gasteiger partial charge in [-0.2, -0.15) is 5.10 Å². The Hall–Kier alpha value is -2.17. The highest BCUT2D eigenvalue weighted by Crippen LogP contribution is 2.20. The summed E-state index contributed by atoms with van der Waals surface area (Å²) in [4.78, 5) is 15.5. The van der Waals surface area contributed by atoms with Gasteiger partial charge in [0, 0.05) is 18.0 Å². The summed E-state index contributed by atoms with van der Waals surface area (Å²) in [7, 11) is 0. The molecule has 2 aromatic rings. The van der Waals surface area contributed by atoms with Crippen LogP contribution in [0.15, 0.2) is 24.5 Å². The number of aromatic amines is 1. The van der Waals surface area contributed by atoms with Gasteiger partial charge in [-0.15, -0.1) is 0 Å². The number of H-pyrrole nitrogens is 1. The van der Waals surface area contributed by atoms with E-state index in [1.807, 2.05) is 0 Å². The third-order valence-electron chi connectivity index (χ3n) is 2.01. The Kier molecular flexibility index (Phi) is 2.95. The van der Waals surface area contributed by atoms with Gasteiger partial charge in [0.1, 0.15) is 0 Å². The lowest BCUT2D eigenvalue weighted by Gasteiger charge is -2.04. The molecule has 2 heterocycles. The van der Waals surface area contributed by atoms with Gasteiger partial charge in [-0.25, -0.2) is 4.79 Å². The standard InChI is InChI=1S/C11H10N3O2/c1-2-16-11(15)8-3-5-12-7-9(8)10-4-6-13-14-10/h3-6H,2H2,1H3,(H,13,14). The number of carbonyl (C=O) groups is 1. The summed E-state index contributed by atoms with van der Waals surface area (Å²) in [5.74, 6) is -0.390. The molecule has 1 radical (unpaired) electrons. The molecule has 0 aliphatic rings. The molecule has 0 amide bonds. The van der Waals surface area contributed by atoms with Crippen molar-refractivity contribution in [1.29, 1.82) is 0 Å². The number of nitrogens with zero attached hydrogens (tertiary/aromatic N) is 2. The van der Waals surface area contributed by atoms with Gasteiger partial charge in [0.15, 0.2) is 0 Å². The maximum Gasteiger partial charge on any atom is 0.338 e. The Bertz CT molecular complexity index is 480. The zero-order chi connectivity index (χ0) is 11.4. The molecule has 0 saturated carbocycles. The van der Waals surface area contributed by atoms with E-state index in [2.05, 4.69) is 21.4 Å². The first-order valence-corrected chi connectivity index (χ1v) is 4.87. The number of pyridine rings is 1. The fourth-order valence-corrected chi connectivity index (χ4v) is 1.33. The van der Waals surface area contributed by atoms with Crippen molar-refractivity contribution in [2.45, 2.75) is 6.92 Å². The number of esters is 1. The molecular weight excluding hydrogens is 206 g/mol. The molecular formula is C11H10N3O2. The van der Waals surface area contributed by atoms with Crippen molar-refractivity contribution in [3.8, 4) is 11.3 Å². The van der Waals surface area contributed by atoms with Crippen LogP contribution >= 0.6 is 0 Å². The van der Waals surface area contributed by atoms with Crippen LogP contribution in [-0.2, 0) is 4.74 Å². The largest absolute Gasteiger partial charge is 0.462 e. The molecule has 2 rings (SSSR count). The van der Waals surface area contributed by atoms with Crippen LogP contribution in [-0.4, -0.2) is 27.8 Å². The lowest BCUT2D eigenvalue weighted by atomic mass is 10.1. The average molecular weight is 216 g/mol. The molecule has 2 aromatic heterocycles. The van der Waals surface area contributed by atoms with E-state index in [-0.39, 0.29) is 5.97 Å². The van der Waals surface area contributed by atoms with Gasteiger partial charge in [0.05, 0.1) is 24.1 Å². The number of nitrogens with one attached hydrogen (secondary N) is 1. The minimum atomic E-state index is -0.390. The topological polar surface area (TPSA) is 67.9 Å². The third-order valence-corrected chi connectivity index (χ3v) is 2.01. The highest BCUT2D eigenvalue weighted by Gasteiger charge is 2.15. The van der Waals surface area contributed by atoms with E-state index in [9.17, 15) is 4.79 Å². The molecule has 0 aliphatic heterocycles. The summed E-state index contributed by atoms with van der Waals surface area (Å²) < 4.78 is 4.94. The second kappa shape index (κ2) is 4.57. The fourth-order valence-electron chi connectivity index (χ4n) is 1.33. The Balaban J connectivity index is 2.42. The Labute approximate surface area is 92.5 Å². The van der Waals surface area contributed by atoms with Gasteiger partial charge in [-0.05, 0) is 19.1 Å². The van der Waals surface area contributed by atoms with Gasteiger partial charge in [-0.1, -0.05) is 0 Å². The van der Waals surface area contributed by atoms with Gasteiger partial charge in [0.25, 0.3) is 0 Å². The van der Waals surface area contributed by atoms with Crippen molar-refractivity contribution in [1.82, 2.24) is 15.2 Å². The fraction of sp³-hybridized carbons (Fsp3) is 0.182. The Morgan fingerprint density at radius 3 is 3.12 bits per heavy atom. The van der Waals surface area contributed by atoms with Crippen molar-refractivity contribution < 1.29 is 9.53 Å². The van der Waals surface area contributed by atoms with E-state index in [1.165, 1.54) is 6.20 Å². The zero-order valence-electron chi connectivity index (χ0n) is 8.73. The van der Waals surface area contributed by atoms with Gasteiger partial charge < -0.3 is 4.74 Å². The summed E-state index contributed by atoms with van der Waals surface area (Å²) in [6.07, 6.45) is 5.92. The smallest absolute Gasteiger partial charge is 0.338 e. The van der Waals surface area contributed by atoms with E-state index in [1.54, 1.807) is 25.3 Å². The van der Waals surface area contributed by atoms with Gasteiger partial charge >= 0.3 is 5.97 Å². The van der Waals surface area contributed by atoms with Crippen LogP contribution < -0.4 is 0 Å². The maximum absolute atomic E-state index is 11.7. The number of carbonyl (C=O) groups excluding carboxylic acids is 1. The number of rotatable bonds is 3. The first-order valence-electron chi connectivity index (χ1n) is 4.87. The average Bonchev–Trinajstić information content (AvgIpc) is 2.83. The molecule has 0 aromatic carbocycles. The second-order valence-corrected chi connectivity index (χ2v) is 3.03. The van der Waals surface area contributed by atoms with Crippen LogP contribution in [0.5, 0.6) is 0 Å². The minimum absolute atomic E-state index is 0.334.